The van der Waals surface area contributed by atoms with Crippen LogP contribution >= 0.6 is 31.9 Å². The van der Waals surface area contributed by atoms with E-state index in [4.69, 9.17) is 9.47 Å². The first-order chi connectivity index (χ1) is 27.6. The van der Waals surface area contributed by atoms with Gasteiger partial charge in [0.25, 0.3) is 23.6 Å². The molecular formula is C43H30Br2N6O6. The van der Waals surface area contributed by atoms with E-state index < -0.39 is 36.8 Å². The molecule has 0 atom stereocenters. The Bertz CT molecular complexity index is 2610. The highest BCUT2D eigenvalue weighted by atomic mass is 79.9. The van der Waals surface area contributed by atoms with Gasteiger partial charge in [0.15, 0.2) is 13.2 Å². The number of fused-ring (bicyclic) bond motifs is 13. The molecule has 8 rings (SSSR count). The fourth-order valence-electron chi connectivity index (χ4n) is 6.57. The summed E-state index contributed by atoms with van der Waals surface area (Å²) in [5.41, 5.74) is 2.33. The number of amides is 4. The number of ether oxygens (including phenoxy) is 2. The number of rotatable bonds is 0. The maximum absolute atomic E-state index is 13.5. The zero-order valence-electron chi connectivity index (χ0n) is 30.0. The van der Waals surface area contributed by atoms with E-state index in [2.05, 4.69) is 63.1 Å². The lowest BCUT2D eigenvalue weighted by Gasteiger charge is -2.21. The molecule has 0 unspecified atom stereocenters. The fourth-order valence-corrected chi connectivity index (χ4v) is 7.69. The molecule has 2 aromatic heterocycles. The molecule has 12 nitrogen and oxygen atoms in total. The fraction of sp³-hybridized carbons (Fsp3) is 0.0698. The third-order valence-electron chi connectivity index (χ3n) is 8.98. The van der Waals surface area contributed by atoms with Crippen LogP contribution in [0.5, 0.6) is 11.5 Å². The first-order valence-corrected chi connectivity index (χ1v) is 19.1. The van der Waals surface area contributed by atoms with Gasteiger partial charge in [-0.15, -0.1) is 0 Å². The van der Waals surface area contributed by atoms with Gasteiger partial charge in [-0.25, -0.2) is 9.97 Å². The molecule has 0 saturated carbocycles. The van der Waals surface area contributed by atoms with E-state index >= 15 is 0 Å². The van der Waals surface area contributed by atoms with Gasteiger partial charge in [-0.1, -0.05) is 60.7 Å². The Balaban J connectivity index is 1.24. The van der Waals surface area contributed by atoms with E-state index in [-0.39, 0.29) is 34.4 Å². The summed E-state index contributed by atoms with van der Waals surface area (Å²) in [5, 5.41) is 14.4. The minimum atomic E-state index is -0.518. The highest BCUT2D eigenvalue weighted by molar-refractivity contribution is 9.11. The maximum atomic E-state index is 13.5. The first-order valence-electron chi connectivity index (χ1n) is 17.6. The number of carbonyl (C=O) groups excluding carboxylic acids is 4. The van der Waals surface area contributed by atoms with Gasteiger partial charge in [0.05, 0.1) is 8.95 Å². The van der Waals surface area contributed by atoms with Crippen LogP contribution in [0.25, 0.3) is 32.7 Å². The van der Waals surface area contributed by atoms with E-state index in [1.54, 1.807) is 55.5 Å². The van der Waals surface area contributed by atoms with Crippen molar-refractivity contribution in [3.63, 3.8) is 0 Å². The quantitative estimate of drug-likeness (QED) is 0.117. The highest BCUT2D eigenvalue weighted by Gasteiger charge is 2.25. The van der Waals surface area contributed by atoms with Crippen LogP contribution in [0.4, 0.5) is 23.3 Å². The maximum Gasteiger partial charge on any atom is 0.263 e. The van der Waals surface area contributed by atoms with Crippen molar-refractivity contribution in [3.05, 3.63) is 141 Å². The van der Waals surface area contributed by atoms with Crippen molar-refractivity contribution < 1.29 is 28.7 Å². The molecule has 57 heavy (non-hydrogen) atoms. The smallest absolute Gasteiger partial charge is 0.263 e. The van der Waals surface area contributed by atoms with Crippen molar-refractivity contribution in [2.45, 2.75) is 6.92 Å². The van der Waals surface area contributed by atoms with Gasteiger partial charge in [0, 0.05) is 22.3 Å². The Labute approximate surface area is 342 Å². The number of anilines is 4. The zero-order chi connectivity index (χ0) is 39.6. The lowest BCUT2D eigenvalue weighted by atomic mass is 9.92. The third-order valence-corrected chi connectivity index (χ3v) is 10.2. The predicted molar refractivity (Wildman–Crippen MR) is 226 cm³/mol. The number of aromatic nitrogens is 2. The van der Waals surface area contributed by atoms with Crippen molar-refractivity contribution in [1.29, 1.82) is 0 Å². The van der Waals surface area contributed by atoms with Crippen molar-refractivity contribution in [3.8, 4) is 22.6 Å². The lowest BCUT2D eigenvalue weighted by Crippen LogP contribution is -2.22. The summed E-state index contributed by atoms with van der Waals surface area (Å²) in [4.78, 5) is 62.6. The number of carbonyl (C=O) groups is 4. The standard InChI is InChI=1S/C43H30Br2N6O6/c1-23-16-26-18-27(17-23)43(55)51-35-15-7-13-33(47-35)49-37(53)22-57-41-31(45)20-25-9-3-5-11-29(25)39(41)38-28-10-4-2-8-24(28)19-30(44)40(38)56-21-36(52)48-32-12-6-14-34(46-32)50-42(26)54/h2-20H,21-22H2,1H3,(H2,46,48,50,52,54)(H2,47,49,51,53,55). The Morgan fingerprint density at radius 3 is 1.35 bits per heavy atom. The van der Waals surface area contributed by atoms with Crippen molar-refractivity contribution in [1.82, 2.24) is 9.97 Å². The number of hydrogen-bond acceptors (Lipinski definition) is 8. The van der Waals surface area contributed by atoms with Crippen molar-refractivity contribution in [2.24, 2.45) is 0 Å². The van der Waals surface area contributed by atoms with Gasteiger partial charge in [-0.3, -0.25) is 19.2 Å². The van der Waals surface area contributed by atoms with Crippen LogP contribution < -0.4 is 30.7 Å². The molecular weight excluding hydrogens is 856 g/mol. The monoisotopic (exact) mass is 884 g/mol. The molecule has 4 amide bonds. The number of nitrogens with one attached hydrogen (secondary N) is 4. The number of hydrogen-bond donors (Lipinski definition) is 4. The molecule has 3 heterocycles. The molecule has 6 bridgehead atoms. The molecule has 0 aliphatic carbocycles. The summed E-state index contributed by atoms with van der Waals surface area (Å²) < 4.78 is 13.9. The molecule has 14 heteroatoms. The summed E-state index contributed by atoms with van der Waals surface area (Å²) in [6.45, 7) is 0.941. The van der Waals surface area contributed by atoms with Gasteiger partial charge in [0.1, 0.15) is 34.8 Å². The molecule has 1 aliphatic heterocycles. The van der Waals surface area contributed by atoms with Crippen molar-refractivity contribution in [2.75, 3.05) is 34.5 Å². The van der Waals surface area contributed by atoms with Crippen LogP contribution in [0.2, 0.25) is 0 Å². The van der Waals surface area contributed by atoms with Crippen LogP contribution in [0.3, 0.4) is 0 Å². The summed E-state index contributed by atoms with van der Waals surface area (Å²) in [5.74, 6) is -0.634. The molecule has 5 aromatic carbocycles. The second kappa shape index (κ2) is 15.8. The van der Waals surface area contributed by atoms with E-state index in [1.807, 2.05) is 60.7 Å². The Hall–Kier alpha value is -6.64. The topological polar surface area (TPSA) is 161 Å². The Morgan fingerprint density at radius 1 is 0.509 bits per heavy atom. The normalized spacial score (nSPS) is 13.7. The summed E-state index contributed by atoms with van der Waals surface area (Å²) in [6.07, 6.45) is 0. The predicted octanol–water partition coefficient (Wildman–Crippen LogP) is 9.14. The average molecular weight is 887 g/mol. The van der Waals surface area contributed by atoms with Crippen LogP contribution in [0.1, 0.15) is 26.3 Å². The van der Waals surface area contributed by atoms with Gasteiger partial charge in [0.2, 0.25) is 0 Å². The summed E-state index contributed by atoms with van der Waals surface area (Å²) in [7, 11) is 0. The van der Waals surface area contributed by atoms with E-state index in [0.29, 0.717) is 37.1 Å². The molecule has 0 spiro atoms. The van der Waals surface area contributed by atoms with E-state index in [0.717, 1.165) is 21.5 Å². The molecule has 0 fully saturated rings. The average Bonchev–Trinajstić information content (AvgIpc) is 3.18. The van der Waals surface area contributed by atoms with Crippen LogP contribution in [-0.2, 0) is 9.59 Å². The Kier molecular flexibility index (Phi) is 10.4. The van der Waals surface area contributed by atoms with E-state index in [9.17, 15) is 19.2 Å². The van der Waals surface area contributed by atoms with Crippen LogP contribution in [0, 0.1) is 6.92 Å². The number of benzene rings is 5. The minimum absolute atomic E-state index is 0.174. The number of pyridine rings is 2. The van der Waals surface area contributed by atoms with Gasteiger partial charge in [-0.2, -0.15) is 0 Å². The first kappa shape index (κ1) is 37.3. The van der Waals surface area contributed by atoms with Crippen molar-refractivity contribution >= 4 is 100 Å². The summed E-state index contributed by atoms with van der Waals surface area (Å²) in [6, 6.07) is 33.6. The number of halogens is 2. The number of aryl methyl sites for hydroxylation is 1. The Morgan fingerprint density at radius 2 is 0.912 bits per heavy atom. The third kappa shape index (κ3) is 8.04. The second-order valence-corrected chi connectivity index (χ2v) is 14.8. The van der Waals surface area contributed by atoms with Crippen LogP contribution in [0.15, 0.2) is 124 Å². The molecule has 0 saturated heterocycles. The molecule has 4 N–H and O–H groups in total. The largest absolute Gasteiger partial charge is 0.482 e. The highest BCUT2D eigenvalue weighted by Crippen LogP contribution is 2.50. The molecule has 282 valence electrons. The van der Waals surface area contributed by atoms with E-state index in [1.165, 1.54) is 6.07 Å². The van der Waals surface area contributed by atoms with Gasteiger partial charge < -0.3 is 30.7 Å². The minimum Gasteiger partial charge on any atom is -0.482 e. The lowest BCUT2D eigenvalue weighted by molar-refractivity contribution is -0.118. The van der Waals surface area contributed by atoms with Gasteiger partial charge in [-0.05, 0) is 120 Å². The van der Waals surface area contributed by atoms with Gasteiger partial charge >= 0.3 is 0 Å². The molecule has 7 aromatic rings. The SMILES string of the molecule is Cc1cc2cc(c1)C(=O)Nc1cccc(n1)NC(=O)COc1c(Br)cc3ccccc3c1-c1c(c(Br)cc3ccccc13)OCC(=O)Nc1cccc(n1)NC2=O. The zero-order valence-corrected chi connectivity index (χ0v) is 33.2. The number of nitrogens with zero attached hydrogens (tertiary/aromatic N) is 2. The molecule has 0 radical (unpaired) electrons. The molecule has 1 aliphatic rings. The van der Waals surface area contributed by atoms with Crippen LogP contribution in [-0.4, -0.2) is 46.8 Å². The second-order valence-electron chi connectivity index (χ2n) is 13.1. The summed E-state index contributed by atoms with van der Waals surface area (Å²) >= 11 is 7.41.